The monoisotopic (exact) mass is 385 g/mol. The van der Waals surface area contributed by atoms with E-state index in [1.807, 2.05) is 13.8 Å². The zero-order chi connectivity index (χ0) is 19.6. The second-order valence-corrected chi connectivity index (χ2v) is 8.52. The summed E-state index contributed by atoms with van der Waals surface area (Å²) in [4.78, 5) is 12.0. The standard InChI is InChI=1S/C19H31NO5S/c1-4-7-8-9-10-18(19(21)20-22)26(23,24)17-13-11-16(12-14-17)25-15(5-2)6-3/h11-15,18,22H,4-10H2,1-3H3,(H,20,21). The molecule has 1 unspecified atom stereocenters. The highest BCUT2D eigenvalue weighted by molar-refractivity contribution is 7.92. The van der Waals surface area contributed by atoms with Gasteiger partial charge in [0.15, 0.2) is 9.84 Å². The van der Waals surface area contributed by atoms with Crippen molar-refractivity contribution in [2.45, 2.75) is 82.0 Å². The number of hydrogen-bond donors (Lipinski definition) is 2. The summed E-state index contributed by atoms with van der Waals surface area (Å²) in [5.41, 5.74) is 1.49. The van der Waals surface area contributed by atoms with Gasteiger partial charge in [0, 0.05) is 0 Å². The van der Waals surface area contributed by atoms with Crippen LogP contribution in [0.5, 0.6) is 5.75 Å². The molecule has 0 aliphatic carbocycles. The zero-order valence-corrected chi connectivity index (χ0v) is 16.7. The molecule has 0 radical (unpaired) electrons. The summed E-state index contributed by atoms with van der Waals surface area (Å²) in [5.74, 6) is -0.289. The van der Waals surface area contributed by atoms with Gasteiger partial charge in [-0.05, 0) is 43.5 Å². The van der Waals surface area contributed by atoms with Crippen LogP contribution in [0.2, 0.25) is 0 Å². The smallest absolute Gasteiger partial charge is 0.262 e. The Morgan fingerprint density at radius 2 is 1.69 bits per heavy atom. The predicted molar refractivity (Wildman–Crippen MR) is 101 cm³/mol. The van der Waals surface area contributed by atoms with Crippen LogP contribution in [0.15, 0.2) is 29.2 Å². The van der Waals surface area contributed by atoms with E-state index in [9.17, 15) is 13.2 Å². The van der Waals surface area contributed by atoms with Gasteiger partial charge >= 0.3 is 0 Å². The van der Waals surface area contributed by atoms with Gasteiger partial charge in [-0.3, -0.25) is 10.0 Å². The molecular formula is C19H31NO5S. The molecule has 1 aromatic rings. The van der Waals surface area contributed by atoms with E-state index in [0.717, 1.165) is 32.1 Å². The van der Waals surface area contributed by atoms with Crippen LogP contribution in [0.4, 0.5) is 0 Å². The maximum Gasteiger partial charge on any atom is 0.262 e. The molecule has 0 saturated carbocycles. The molecule has 1 amide bonds. The topological polar surface area (TPSA) is 92.7 Å². The Hall–Kier alpha value is -1.60. The summed E-state index contributed by atoms with van der Waals surface area (Å²) < 4.78 is 31.4. The minimum atomic E-state index is -3.88. The number of hydrogen-bond acceptors (Lipinski definition) is 5. The third-order valence-electron chi connectivity index (χ3n) is 4.46. The Kier molecular flexibility index (Phi) is 9.65. The average molecular weight is 386 g/mol. The fraction of sp³-hybridized carbons (Fsp3) is 0.632. The Balaban J connectivity index is 2.94. The first kappa shape index (κ1) is 22.4. The molecule has 0 aliphatic heterocycles. The van der Waals surface area contributed by atoms with Crippen molar-refractivity contribution < 1.29 is 23.2 Å². The van der Waals surface area contributed by atoms with Crippen molar-refractivity contribution in [3.8, 4) is 5.75 Å². The van der Waals surface area contributed by atoms with Crippen LogP contribution >= 0.6 is 0 Å². The third kappa shape index (κ3) is 6.29. The van der Waals surface area contributed by atoms with Gasteiger partial charge < -0.3 is 4.74 Å². The fourth-order valence-electron chi connectivity index (χ4n) is 2.78. The van der Waals surface area contributed by atoms with E-state index in [0.29, 0.717) is 12.2 Å². The summed E-state index contributed by atoms with van der Waals surface area (Å²) in [6, 6.07) is 6.12. The van der Waals surface area contributed by atoms with Gasteiger partial charge in [0.25, 0.3) is 5.91 Å². The minimum absolute atomic E-state index is 0.0542. The number of unbranched alkanes of at least 4 members (excludes halogenated alkanes) is 3. The highest BCUT2D eigenvalue weighted by Gasteiger charge is 2.33. The van der Waals surface area contributed by atoms with Crippen LogP contribution in [-0.4, -0.2) is 30.9 Å². The van der Waals surface area contributed by atoms with Crippen LogP contribution in [0.3, 0.4) is 0 Å². The molecule has 0 aromatic heterocycles. The largest absolute Gasteiger partial charge is 0.490 e. The Bertz CT molecular complexity index is 638. The van der Waals surface area contributed by atoms with Gasteiger partial charge in [0.05, 0.1) is 11.0 Å². The number of benzene rings is 1. The number of sulfone groups is 1. The maximum absolute atomic E-state index is 12.8. The van der Waals surface area contributed by atoms with Crippen molar-refractivity contribution >= 4 is 15.7 Å². The lowest BCUT2D eigenvalue weighted by molar-refractivity contribution is -0.128. The van der Waals surface area contributed by atoms with E-state index < -0.39 is 21.0 Å². The first-order valence-corrected chi connectivity index (χ1v) is 10.9. The van der Waals surface area contributed by atoms with Crippen molar-refractivity contribution in [2.24, 2.45) is 0 Å². The Morgan fingerprint density at radius 1 is 1.08 bits per heavy atom. The van der Waals surface area contributed by atoms with Gasteiger partial charge in [-0.25, -0.2) is 13.9 Å². The van der Waals surface area contributed by atoms with E-state index in [1.165, 1.54) is 17.6 Å². The number of nitrogens with one attached hydrogen (secondary N) is 1. The van der Waals surface area contributed by atoms with E-state index in [-0.39, 0.29) is 17.4 Å². The summed E-state index contributed by atoms with van der Waals surface area (Å²) in [6.07, 6.45) is 5.46. The Morgan fingerprint density at radius 3 is 2.19 bits per heavy atom. The molecule has 6 nitrogen and oxygen atoms in total. The number of carbonyl (C=O) groups excluding carboxylic acids is 1. The first-order valence-electron chi connectivity index (χ1n) is 9.35. The lowest BCUT2D eigenvalue weighted by Crippen LogP contribution is -2.38. The lowest BCUT2D eigenvalue weighted by atomic mass is 10.1. The normalized spacial score (nSPS) is 12.8. The molecule has 0 aliphatic rings. The molecule has 7 heteroatoms. The van der Waals surface area contributed by atoms with Crippen LogP contribution in [0.25, 0.3) is 0 Å². The predicted octanol–water partition coefficient (Wildman–Crippen LogP) is 3.87. The summed E-state index contributed by atoms with van der Waals surface area (Å²) >= 11 is 0. The number of amides is 1. The van der Waals surface area contributed by atoms with E-state index in [2.05, 4.69) is 6.92 Å². The van der Waals surface area contributed by atoms with Crippen molar-refractivity contribution in [1.29, 1.82) is 0 Å². The van der Waals surface area contributed by atoms with Gasteiger partial charge in [-0.15, -0.1) is 0 Å². The molecule has 1 aromatic carbocycles. The number of rotatable bonds is 12. The van der Waals surface area contributed by atoms with Gasteiger partial charge in [-0.1, -0.05) is 46.5 Å². The molecule has 0 fully saturated rings. The highest BCUT2D eigenvalue weighted by Crippen LogP contribution is 2.24. The SMILES string of the molecule is CCCCCCC(C(=O)NO)S(=O)(=O)c1ccc(OC(CC)CC)cc1. The molecule has 0 saturated heterocycles. The van der Waals surface area contributed by atoms with Gasteiger partial charge in [0.2, 0.25) is 0 Å². The molecular weight excluding hydrogens is 354 g/mol. The quantitative estimate of drug-likeness (QED) is 0.324. The molecule has 0 spiro atoms. The average Bonchev–Trinajstić information content (AvgIpc) is 2.65. The summed E-state index contributed by atoms with van der Waals surface area (Å²) in [7, 11) is -3.88. The lowest BCUT2D eigenvalue weighted by Gasteiger charge is -2.18. The van der Waals surface area contributed by atoms with Crippen LogP contribution < -0.4 is 10.2 Å². The molecule has 26 heavy (non-hydrogen) atoms. The minimum Gasteiger partial charge on any atom is -0.490 e. The Labute approximate surface area is 156 Å². The molecule has 0 bridgehead atoms. The van der Waals surface area contributed by atoms with Gasteiger partial charge in [-0.2, -0.15) is 0 Å². The van der Waals surface area contributed by atoms with Crippen molar-refractivity contribution in [2.75, 3.05) is 0 Å². The molecule has 1 rings (SSSR count). The third-order valence-corrected chi connectivity index (χ3v) is 6.59. The number of carbonyl (C=O) groups is 1. The first-order chi connectivity index (χ1) is 12.4. The van der Waals surface area contributed by atoms with E-state index >= 15 is 0 Å². The van der Waals surface area contributed by atoms with Crippen LogP contribution in [0.1, 0.15) is 65.7 Å². The second-order valence-electron chi connectivity index (χ2n) is 6.39. The van der Waals surface area contributed by atoms with Gasteiger partial charge in [0.1, 0.15) is 11.0 Å². The summed E-state index contributed by atoms with van der Waals surface area (Å²) in [5, 5.41) is 7.64. The maximum atomic E-state index is 12.8. The number of ether oxygens (including phenoxy) is 1. The van der Waals surface area contributed by atoms with E-state index in [1.54, 1.807) is 12.1 Å². The van der Waals surface area contributed by atoms with Crippen LogP contribution in [0, 0.1) is 0 Å². The molecule has 2 N–H and O–H groups in total. The van der Waals surface area contributed by atoms with Crippen molar-refractivity contribution in [3.05, 3.63) is 24.3 Å². The highest BCUT2D eigenvalue weighted by atomic mass is 32.2. The molecule has 1 atom stereocenters. The molecule has 148 valence electrons. The number of hydroxylamine groups is 1. The second kappa shape index (κ2) is 11.2. The zero-order valence-electron chi connectivity index (χ0n) is 15.9. The fourth-order valence-corrected chi connectivity index (χ4v) is 4.43. The van der Waals surface area contributed by atoms with Crippen molar-refractivity contribution in [1.82, 2.24) is 5.48 Å². The van der Waals surface area contributed by atoms with E-state index in [4.69, 9.17) is 9.94 Å². The molecule has 0 heterocycles. The summed E-state index contributed by atoms with van der Waals surface area (Å²) in [6.45, 7) is 6.12. The van der Waals surface area contributed by atoms with Crippen molar-refractivity contribution in [3.63, 3.8) is 0 Å². The van der Waals surface area contributed by atoms with Crippen LogP contribution in [-0.2, 0) is 14.6 Å².